The van der Waals surface area contributed by atoms with Crippen LogP contribution in [0.25, 0.3) is 5.65 Å². The summed E-state index contributed by atoms with van der Waals surface area (Å²) in [5.41, 5.74) is 3.04. The van der Waals surface area contributed by atoms with Crippen molar-refractivity contribution >= 4 is 11.6 Å². The fraction of sp³-hybridized carbons (Fsp3) is 0.533. The quantitative estimate of drug-likeness (QED) is 0.901. The first-order chi connectivity index (χ1) is 10.1. The van der Waals surface area contributed by atoms with Crippen LogP contribution in [0.4, 0.5) is 0 Å². The van der Waals surface area contributed by atoms with Gasteiger partial charge in [-0.15, -0.1) is 0 Å². The molecule has 1 atom stereocenters. The second-order valence-electron chi connectivity index (χ2n) is 5.76. The minimum absolute atomic E-state index is 0.0202. The van der Waals surface area contributed by atoms with Gasteiger partial charge in [0, 0.05) is 32.0 Å². The van der Waals surface area contributed by atoms with E-state index >= 15 is 0 Å². The van der Waals surface area contributed by atoms with E-state index in [9.17, 15) is 9.90 Å². The number of aryl methyl sites for hydroxylation is 2. The van der Waals surface area contributed by atoms with Gasteiger partial charge >= 0.3 is 0 Å². The van der Waals surface area contributed by atoms with Gasteiger partial charge in [0.1, 0.15) is 0 Å². The molecule has 21 heavy (non-hydrogen) atoms. The highest BCUT2D eigenvalue weighted by molar-refractivity contribution is 5.95. The summed E-state index contributed by atoms with van der Waals surface area (Å²) < 4.78 is 1.72. The Morgan fingerprint density at radius 3 is 3.05 bits per heavy atom. The number of likely N-dealkylation sites (tertiary alicyclic amines) is 1. The Morgan fingerprint density at radius 2 is 2.29 bits per heavy atom. The number of amides is 1. The minimum atomic E-state index is -0.0202. The first-order valence-electron chi connectivity index (χ1n) is 7.32. The molecule has 1 aliphatic rings. The molecule has 0 spiro atoms. The van der Waals surface area contributed by atoms with Crippen molar-refractivity contribution < 1.29 is 9.90 Å². The number of piperidine rings is 1. The number of carbonyl (C=O) groups excluding carboxylic acids is 1. The van der Waals surface area contributed by atoms with Crippen LogP contribution in [0, 0.1) is 19.8 Å². The summed E-state index contributed by atoms with van der Waals surface area (Å²) in [7, 11) is 0. The Balaban J connectivity index is 1.92. The van der Waals surface area contributed by atoms with Gasteiger partial charge in [0.15, 0.2) is 5.65 Å². The molecule has 1 N–H and O–H groups in total. The first kappa shape index (κ1) is 14.0. The lowest BCUT2D eigenvalue weighted by Crippen LogP contribution is -2.41. The fourth-order valence-electron chi connectivity index (χ4n) is 2.94. The number of hydrogen-bond donors (Lipinski definition) is 1. The molecule has 1 unspecified atom stereocenters. The van der Waals surface area contributed by atoms with E-state index in [0.717, 1.165) is 36.4 Å². The smallest absolute Gasteiger partial charge is 0.257 e. The minimum Gasteiger partial charge on any atom is -0.396 e. The molecular formula is C15H20N4O2. The van der Waals surface area contributed by atoms with E-state index in [4.69, 9.17) is 0 Å². The number of aromatic nitrogens is 3. The highest BCUT2D eigenvalue weighted by Gasteiger charge is 2.26. The van der Waals surface area contributed by atoms with Crippen LogP contribution in [0.3, 0.4) is 0 Å². The number of hydrogen-bond acceptors (Lipinski definition) is 4. The molecule has 6 nitrogen and oxygen atoms in total. The second-order valence-corrected chi connectivity index (χ2v) is 5.76. The van der Waals surface area contributed by atoms with Crippen molar-refractivity contribution in [3.8, 4) is 0 Å². The highest BCUT2D eigenvalue weighted by Crippen LogP contribution is 2.20. The summed E-state index contributed by atoms with van der Waals surface area (Å²) >= 11 is 0. The van der Waals surface area contributed by atoms with Gasteiger partial charge < -0.3 is 10.0 Å². The van der Waals surface area contributed by atoms with Gasteiger partial charge in [0.2, 0.25) is 0 Å². The molecule has 1 aliphatic heterocycles. The van der Waals surface area contributed by atoms with E-state index in [-0.39, 0.29) is 18.4 Å². The van der Waals surface area contributed by atoms with Gasteiger partial charge in [-0.3, -0.25) is 4.79 Å². The number of rotatable bonds is 2. The molecule has 3 heterocycles. The molecule has 0 bridgehead atoms. The average Bonchev–Trinajstić information content (AvgIpc) is 2.88. The standard InChI is InChI=1S/C15H20N4O2/c1-10-6-14-16-7-13(11(2)19(14)17-10)15(21)18-5-3-4-12(8-18)9-20/h6-7,12,20H,3-5,8-9H2,1-2H3. The van der Waals surface area contributed by atoms with Gasteiger partial charge in [-0.25, -0.2) is 9.50 Å². The summed E-state index contributed by atoms with van der Waals surface area (Å²) in [5.74, 6) is 0.167. The van der Waals surface area contributed by atoms with E-state index in [1.54, 1.807) is 10.7 Å². The van der Waals surface area contributed by atoms with Crippen LogP contribution < -0.4 is 0 Å². The maximum absolute atomic E-state index is 12.7. The van der Waals surface area contributed by atoms with E-state index in [0.29, 0.717) is 12.1 Å². The van der Waals surface area contributed by atoms with Gasteiger partial charge in [-0.05, 0) is 32.6 Å². The molecule has 0 aliphatic carbocycles. The molecule has 6 heteroatoms. The third-order valence-electron chi connectivity index (χ3n) is 4.14. The number of aliphatic hydroxyl groups excluding tert-OH is 1. The third kappa shape index (κ3) is 2.51. The fourth-order valence-corrected chi connectivity index (χ4v) is 2.94. The average molecular weight is 288 g/mol. The summed E-state index contributed by atoms with van der Waals surface area (Å²) in [6.45, 7) is 5.29. The maximum Gasteiger partial charge on any atom is 0.257 e. The largest absolute Gasteiger partial charge is 0.396 e. The monoisotopic (exact) mass is 288 g/mol. The summed E-state index contributed by atoms with van der Waals surface area (Å²) in [5, 5.41) is 13.7. The lowest BCUT2D eigenvalue weighted by atomic mass is 9.98. The molecule has 2 aromatic heterocycles. The number of nitrogens with zero attached hydrogens (tertiary/aromatic N) is 4. The predicted molar refractivity (Wildman–Crippen MR) is 78.2 cm³/mol. The van der Waals surface area contributed by atoms with Gasteiger partial charge in [-0.1, -0.05) is 0 Å². The number of aliphatic hydroxyl groups is 1. The molecule has 3 rings (SSSR count). The van der Waals surface area contributed by atoms with E-state index < -0.39 is 0 Å². The Morgan fingerprint density at radius 1 is 1.48 bits per heavy atom. The maximum atomic E-state index is 12.7. The molecule has 0 aromatic carbocycles. The molecule has 1 saturated heterocycles. The molecule has 0 radical (unpaired) electrons. The highest BCUT2D eigenvalue weighted by atomic mass is 16.3. The Labute approximate surface area is 123 Å². The van der Waals surface area contributed by atoms with Crippen LogP contribution in [0.1, 0.15) is 34.6 Å². The molecule has 112 valence electrons. The SMILES string of the molecule is Cc1cc2ncc(C(=O)N3CCCC(CO)C3)c(C)n2n1. The molecule has 1 fully saturated rings. The number of carbonyl (C=O) groups is 1. The molecule has 0 saturated carbocycles. The Kier molecular flexibility index (Phi) is 3.63. The summed E-state index contributed by atoms with van der Waals surface area (Å²) in [6.07, 6.45) is 3.55. The van der Waals surface area contributed by atoms with Crippen molar-refractivity contribution in [2.75, 3.05) is 19.7 Å². The summed E-state index contributed by atoms with van der Waals surface area (Å²) in [6, 6.07) is 1.89. The van der Waals surface area contributed by atoms with Crippen LogP contribution in [-0.4, -0.2) is 50.2 Å². The number of fused-ring (bicyclic) bond motifs is 1. The van der Waals surface area contributed by atoms with Crippen LogP contribution in [-0.2, 0) is 0 Å². The zero-order chi connectivity index (χ0) is 15.0. The molecular weight excluding hydrogens is 268 g/mol. The van der Waals surface area contributed by atoms with Crippen molar-refractivity contribution in [3.05, 3.63) is 29.2 Å². The van der Waals surface area contributed by atoms with Crippen molar-refractivity contribution in [2.45, 2.75) is 26.7 Å². The Bertz CT molecular complexity index is 680. The lowest BCUT2D eigenvalue weighted by Gasteiger charge is -2.32. The predicted octanol–water partition coefficient (Wildman–Crippen LogP) is 1.19. The van der Waals surface area contributed by atoms with E-state index in [1.165, 1.54) is 0 Å². The van der Waals surface area contributed by atoms with Gasteiger partial charge in [0.05, 0.1) is 17.0 Å². The van der Waals surface area contributed by atoms with E-state index in [2.05, 4.69) is 10.1 Å². The molecule has 1 amide bonds. The molecule has 2 aromatic rings. The van der Waals surface area contributed by atoms with Crippen molar-refractivity contribution in [2.24, 2.45) is 5.92 Å². The van der Waals surface area contributed by atoms with Crippen molar-refractivity contribution in [3.63, 3.8) is 0 Å². The van der Waals surface area contributed by atoms with Crippen LogP contribution >= 0.6 is 0 Å². The second kappa shape index (κ2) is 5.44. The zero-order valence-corrected chi connectivity index (χ0v) is 12.4. The zero-order valence-electron chi connectivity index (χ0n) is 12.4. The third-order valence-corrected chi connectivity index (χ3v) is 4.14. The Hall–Kier alpha value is -1.95. The topological polar surface area (TPSA) is 70.7 Å². The van der Waals surface area contributed by atoms with Gasteiger partial charge in [-0.2, -0.15) is 5.10 Å². The van der Waals surface area contributed by atoms with Crippen molar-refractivity contribution in [1.82, 2.24) is 19.5 Å². The van der Waals surface area contributed by atoms with Gasteiger partial charge in [0.25, 0.3) is 5.91 Å². The van der Waals surface area contributed by atoms with Crippen LogP contribution in [0.2, 0.25) is 0 Å². The van der Waals surface area contributed by atoms with E-state index in [1.807, 2.05) is 24.8 Å². The lowest BCUT2D eigenvalue weighted by molar-refractivity contribution is 0.0619. The van der Waals surface area contributed by atoms with Crippen LogP contribution in [0.15, 0.2) is 12.3 Å². The first-order valence-corrected chi connectivity index (χ1v) is 7.32. The normalized spacial score (nSPS) is 19.2. The van der Waals surface area contributed by atoms with Crippen LogP contribution in [0.5, 0.6) is 0 Å². The van der Waals surface area contributed by atoms with Crippen molar-refractivity contribution in [1.29, 1.82) is 0 Å². The summed E-state index contributed by atoms with van der Waals surface area (Å²) in [4.78, 5) is 18.8.